The second kappa shape index (κ2) is 9.42. The molecule has 136 valence electrons. The van der Waals surface area contributed by atoms with Gasteiger partial charge >= 0.3 is 6.03 Å². The summed E-state index contributed by atoms with van der Waals surface area (Å²) in [6.07, 6.45) is 2.44. The Labute approximate surface area is 154 Å². The lowest BCUT2D eigenvalue weighted by Crippen LogP contribution is -2.35. The van der Waals surface area contributed by atoms with Gasteiger partial charge < -0.3 is 15.0 Å². The van der Waals surface area contributed by atoms with Gasteiger partial charge in [0.1, 0.15) is 5.69 Å². The third-order valence-electron chi connectivity index (χ3n) is 3.60. The molecule has 0 atom stereocenters. The highest BCUT2D eigenvalue weighted by molar-refractivity contribution is 5.90. The first-order valence-electron chi connectivity index (χ1n) is 8.70. The predicted molar refractivity (Wildman–Crippen MR) is 101 cm³/mol. The van der Waals surface area contributed by atoms with E-state index in [2.05, 4.69) is 16.4 Å². The van der Waals surface area contributed by atoms with Crippen molar-refractivity contribution in [2.75, 3.05) is 11.9 Å². The van der Waals surface area contributed by atoms with Crippen molar-refractivity contribution in [2.24, 2.45) is 0 Å². The normalized spacial score (nSPS) is 10.3. The third kappa shape index (κ3) is 5.49. The van der Waals surface area contributed by atoms with Crippen LogP contribution in [0.4, 0.5) is 10.5 Å². The van der Waals surface area contributed by atoms with E-state index in [1.807, 2.05) is 32.9 Å². The molecule has 0 unspecified atom stereocenters. The minimum absolute atomic E-state index is 0.0362. The van der Waals surface area contributed by atoms with Gasteiger partial charge in [0.25, 0.3) is 0 Å². The molecule has 6 heteroatoms. The van der Waals surface area contributed by atoms with Gasteiger partial charge in [-0.1, -0.05) is 19.1 Å². The van der Waals surface area contributed by atoms with E-state index in [1.165, 1.54) is 0 Å². The molecule has 0 aliphatic rings. The largest absolute Gasteiger partial charge is 0.473 e. The van der Waals surface area contributed by atoms with Crippen LogP contribution in [0.3, 0.4) is 0 Å². The maximum atomic E-state index is 12.7. The number of anilines is 1. The molecule has 0 saturated carbocycles. The molecule has 2 amide bonds. The number of carbonyl (C=O) groups is 1. The molecule has 0 aliphatic heterocycles. The summed E-state index contributed by atoms with van der Waals surface area (Å²) in [5.41, 5.74) is 2.12. The van der Waals surface area contributed by atoms with Crippen molar-refractivity contribution < 1.29 is 9.53 Å². The van der Waals surface area contributed by atoms with Crippen LogP contribution in [0.25, 0.3) is 0 Å². The molecule has 6 nitrogen and oxygen atoms in total. The van der Waals surface area contributed by atoms with Crippen molar-refractivity contribution >= 4 is 11.7 Å². The SMILES string of the molecule is CCCN(Cc1ccc(C#N)cc1)C(=O)Nc1cccnc1OC(C)C. The molecule has 0 radical (unpaired) electrons. The fourth-order valence-corrected chi connectivity index (χ4v) is 2.42. The lowest BCUT2D eigenvalue weighted by Gasteiger charge is -2.23. The molecular formula is C20H24N4O2. The molecular weight excluding hydrogens is 328 g/mol. The number of nitrogens with zero attached hydrogens (tertiary/aromatic N) is 3. The first-order valence-corrected chi connectivity index (χ1v) is 8.70. The zero-order valence-corrected chi connectivity index (χ0v) is 15.4. The van der Waals surface area contributed by atoms with Crippen LogP contribution in [-0.2, 0) is 6.54 Å². The van der Waals surface area contributed by atoms with Gasteiger partial charge in [-0.05, 0) is 50.1 Å². The van der Waals surface area contributed by atoms with Crippen molar-refractivity contribution in [3.05, 3.63) is 53.7 Å². The van der Waals surface area contributed by atoms with Crippen molar-refractivity contribution in [1.82, 2.24) is 9.88 Å². The molecule has 0 saturated heterocycles. The summed E-state index contributed by atoms with van der Waals surface area (Å²) in [6, 6.07) is 12.7. The monoisotopic (exact) mass is 352 g/mol. The Kier molecular flexibility index (Phi) is 6.98. The summed E-state index contributed by atoms with van der Waals surface area (Å²) in [5, 5.41) is 11.8. The minimum Gasteiger partial charge on any atom is -0.473 e. The molecule has 1 N–H and O–H groups in total. The van der Waals surface area contributed by atoms with Crippen LogP contribution in [0.1, 0.15) is 38.3 Å². The highest BCUT2D eigenvalue weighted by Gasteiger charge is 2.16. The Balaban J connectivity index is 2.12. The zero-order chi connectivity index (χ0) is 18.9. The number of nitrogens with one attached hydrogen (secondary N) is 1. The maximum Gasteiger partial charge on any atom is 0.322 e. The Bertz CT molecular complexity index is 766. The second-order valence-corrected chi connectivity index (χ2v) is 6.18. The van der Waals surface area contributed by atoms with Crippen LogP contribution in [-0.4, -0.2) is 28.6 Å². The molecule has 0 bridgehead atoms. The number of rotatable bonds is 7. The predicted octanol–water partition coefficient (Wildman–Crippen LogP) is 4.18. The standard InChI is InChI=1S/C20H24N4O2/c1-4-12-24(14-17-9-7-16(13-21)8-10-17)20(25)23-18-6-5-11-22-19(18)26-15(2)3/h5-11,15H,4,12,14H2,1-3H3,(H,23,25). The van der Waals surface area contributed by atoms with Crippen LogP contribution < -0.4 is 10.1 Å². The Morgan fingerprint density at radius 3 is 2.65 bits per heavy atom. The van der Waals surface area contributed by atoms with Gasteiger partial charge in [0, 0.05) is 19.3 Å². The van der Waals surface area contributed by atoms with E-state index in [0.717, 1.165) is 12.0 Å². The fraction of sp³-hybridized carbons (Fsp3) is 0.350. The number of pyridine rings is 1. The number of urea groups is 1. The van der Waals surface area contributed by atoms with E-state index >= 15 is 0 Å². The van der Waals surface area contributed by atoms with Crippen LogP contribution in [0, 0.1) is 11.3 Å². The van der Waals surface area contributed by atoms with Crippen LogP contribution in [0.5, 0.6) is 5.88 Å². The summed E-state index contributed by atoms with van der Waals surface area (Å²) in [5.74, 6) is 0.408. The highest BCUT2D eigenvalue weighted by atomic mass is 16.5. The van der Waals surface area contributed by atoms with Gasteiger partial charge in [-0.15, -0.1) is 0 Å². The van der Waals surface area contributed by atoms with Gasteiger partial charge in [-0.25, -0.2) is 9.78 Å². The summed E-state index contributed by atoms with van der Waals surface area (Å²) >= 11 is 0. The summed E-state index contributed by atoms with van der Waals surface area (Å²) < 4.78 is 5.65. The van der Waals surface area contributed by atoms with E-state index in [9.17, 15) is 4.79 Å². The van der Waals surface area contributed by atoms with Crippen LogP contribution >= 0.6 is 0 Å². The average molecular weight is 352 g/mol. The number of carbonyl (C=O) groups excluding carboxylic acids is 1. The molecule has 2 aromatic rings. The highest BCUT2D eigenvalue weighted by Crippen LogP contribution is 2.22. The first kappa shape index (κ1) is 19.3. The van der Waals surface area contributed by atoms with Crippen molar-refractivity contribution in [1.29, 1.82) is 5.26 Å². The molecule has 0 fully saturated rings. The smallest absolute Gasteiger partial charge is 0.322 e. The minimum atomic E-state index is -0.210. The molecule has 1 aromatic carbocycles. The van der Waals surface area contributed by atoms with E-state index in [4.69, 9.17) is 10.00 Å². The van der Waals surface area contributed by atoms with E-state index in [-0.39, 0.29) is 12.1 Å². The van der Waals surface area contributed by atoms with E-state index < -0.39 is 0 Å². The second-order valence-electron chi connectivity index (χ2n) is 6.18. The third-order valence-corrected chi connectivity index (χ3v) is 3.60. The topological polar surface area (TPSA) is 78.3 Å². The summed E-state index contributed by atoms with van der Waals surface area (Å²) in [4.78, 5) is 18.7. The fourth-order valence-electron chi connectivity index (χ4n) is 2.42. The number of hydrogen-bond donors (Lipinski definition) is 1. The lowest BCUT2D eigenvalue weighted by molar-refractivity contribution is 0.208. The molecule has 1 aromatic heterocycles. The van der Waals surface area contributed by atoms with Gasteiger partial charge in [0.15, 0.2) is 0 Å². The Morgan fingerprint density at radius 1 is 1.31 bits per heavy atom. The molecule has 2 rings (SSSR count). The van der Waals surface area contributed by atoms with Crippen LogP contribution in [0.15, 0.2) is 42.6 Å². The molecule has 26 heavy (non-hydrogen) atoms. The quantitative estimate of drug-likeness (QED) is 0.810. The van der Waals surface area contributed by atoms with E-state index in [0.29, 0.717) is 30.2 Å². The van der Waals surface area contributed by atoms with Crippen LogP contribution in [0.2, 0.25) is 0 Å². The van der Waals surface area contributed by atoms with Gasteiger partial charge in [0.2, 0.25) is 5.88 Å². The van der Waals surface area contributed by atoms with Crippen molar-refractivity contribution in [3.63, 3.8) is 0 Å². The van der Waals surface area contributed by atoms with Gasteiger partial charge in [0.05, 0.1) is 17.7 Å². The van der Waals surface area contributed by atoms with E-state index in [1.54, 1.807) is 35.4 Å². The Morgan fingerprint density at radius 2 is 2.04 bits per heavy atom. The molecule has 0 aliphatic carbocycles. The van der Waals surface area contributed by atoms with Crippen molar-refractivity contribution in [2.45, 2.75) is 39.8 Å². The van der Waals surface area contributed by atoms with Crippen molar-refractivity contribution in [3.8, 4) is 11.9 Å². The number of hydrogen-bond acceptors (Lipinski definition) is 4. The number of nitriles is 1. The number of ether oxygens (including phenoxy) is 1. The number of amides is 2. The Hall–Kier alpha value is -3.07. The number of aromatic nitrogens is 1. The first-order chi connectivity index (χ1) is 12.5. The van der Waals surface area contributed by atoms with Gasteiger partial charge in [-0.3, -0.25) is 0 Å². The maximum absolute atomic E-state index is 12.7. The average Bonchev–Trinajstić information content (AvgIpc) is 2.63. The molecule has 0 spiro atoms. The number of benzene rings is 1. The lowest BCUT2D eigenvalue weighted by atomic mass is 10.1. The molecule has 1 heterocycles. The summed E-state index contributed by atoms with van der Waals surface area (Å²) in [7, 11) is 0. The van der Waals surface area contributed by atoms with Gasteiger partial charge in [-0.2, -0.15) is 5.26 Å². The summed E-state index contributed by atoms with van der Waals surface area (Å²) in [6.45, 7) is 6.93. The zero-order valence-electron chi connectivity index (χ0n) is 15.4.